The molecule has 210 valence electrons. The number of nitrogens with zero attached hydrogens (tertiary/aromatic N) is 1. The summed E-state index contributed by atoms with van der Waals surface area (Å²) >= 11 is 0. The number of rotatable bonds is 7. The molecule has 0 aromatic heterocycles. The van der Waals surface area contributed by atoms with Crippen molar-refractivity contribution in [1.29, 1.82) is 0 Å². The Labute approximate surface area is 219 Å². The van der Waals surface area contributed by atoms with Crippen LogP contribution in [0.3, 0.4) is 0 Å². The van der Waals surface area contributed by atoms with Crippen LogP contribution in [0.15, 0.2) is 35.6 Å². The summed E-state index contributed by atoms with van der Waals surface area (Å²) in [6, 6.07) is 0.167. The molecule has 4 rings (SSSR count). The summed E-state index contributed by atoms with van der Waals surface area (Å²) in [6.07, 6.45) is -4.14. The average molecular weight is 551 g/mol. The predicted molar refractivity (Wildman–Crippen MR) is 127 cm³/mol. The van der Waals surface area contributed by atoms with E-state index in [4.69, 9.17) is 9.47 Å². The Morgan fingerprint density at radius 2 is 1.77 bits per heavy atom. The highest BCUT2D eigenvalue weighted by molar-refractivity contribution is 5.89. The average Bonchev–Trinajstić information content (AvgIpc) is 3.24. The third-order valence-corrected chi connectivity index (χ3v) is 6.64. The number of carboxylic acids is 3. The third kappa shape index (κ3) is 5.57. The number of fused-ring (bicyclic) bond motifs is 1. The number of carbonyl (C=O) groups is 3. The molecule has 0 aliphatic carbocycles. The van der Waals surface area contributed by atoms with Gasteiger partial charge in [-0.2, -0.15) is 4.58 Å². The lowest BCUT2D eigenvalue weighted by molar-refractivity contribution is -0.456. The van der Waals surface area contributed by atoms with Gasteiger partial charge in [-0.1, -0.05) is 0 Å². The van der Waals surface area contributed by atoms with Gasteiger partial charge in [-0.25, -0.2) is 14.4 Å². The molecule has 0 spiro atoms. The molecular weight excluding hydrogens is 524 g/mol. The molecule has 0 saturated carbocycles. The van der Waals surface area contributed by atoms with E-state index in [1.165, 1.54) is 35.1 Å². The van der Waals surface area contributed by atoms with Crippen molar-refractivity contribution >= 4 is 29.8 Å². The zero-order valence-electron chi connectivity index (χ0n) is 20.1. The first-order chi connectivity index (χ1) is 18.4. The van der Waals surface area contributed by atoms with Gasteiger partial charge < -0.3 is 55.6 Å². The van der Waals surface area contributed by atoms with Crippen molar-refractivity contribution in [3.05, 3.63) is 41.1 Å². The van der Waals surface area contributed by atoms with Crippen LogP contribution in [-0.2, 0) is 25.5 Å². The normalized spacial score (nSPS) is 32.3. The van der Waals surface area contributed by atoms with E-state index in [1.807, 2.05) is 0 Å². The number of aliphatic carboxylic acids is 3. The summed E-state index contributed by atoms with van der Waals surface area (Å²) in [5, 5.41) is 80.9. The molecule has 3 aliphatic heterocycles. The van der Waals surface area contributed by atoms with Crippen LogP contribution >= 0.6 is 0 Å². The lowest BCUT2D eigenvalue weighted by atomic mass is 9.99. The Hall–Kier alpha value is -4.02. The number of allylic oxidation sites excluding steroid dienone is 2. The summed E-state index contributed by atoms with van der Waals surface area (Å²) in [6.45, 7) is -0.699. The smallest absolute Gasteiger partial charge is 0.373 e. The van der Waals surface area contributed by atoms with Crippen LogP contribution < -0.4 is 10.1 Å². The second-order valence-corrected chi connectivity index (χ2v) is 9.22. The fourth-order valence-corrected chi connectivity index (χ4v) is 4.58. The van der Waals surface area contributed by atoms with E-state index in [0.29, 0.717) is 11.1 Å². The molecule has 0 amide bonds. The Balaban J connectivity index is 1.69. The molecule has 0 unspecified atom stereocenters. The van der Waals surface area contributed by atoms with E-state index >= 15 is 0 Å². The molecule has 1 aromatic rings. The highest BCUT2D eigenvalue weighted by atomic mass is 16.7. The van der Waals surface area contributed by atoms with E-state index in [0.717, 1.165) is 0 Å². The standard InChI is InChI=1S/C24H26N2O13/c27-8-17-18(29)19(30)20(31)24(39-17)38-16-7-13-10(6-15(16)28)5-14(23(36)37)26(13)2-1-9-3-11(21(32)33)25-12(4-9)22(34)35/h1-3,6-7,12,14,17-20,24,27,29-31H,4-5,8H2,(H4,28,32,33,34,35,36,37)/p+1/t12-,14+,17-,18-,19+,20-,24-/m1/s1. The lowest BCUT2D eigenvalue weighted by Crippen LogP contribution is -2.60. The number of hydrogen-bond donors (Lipinski definition) is 9. The summed E-state index contributed by atoms with van der Waals surface area (Å²) in [4.78, 5) is 34.9. The Morgan fingerprint density at radius 3 is 2.38 bits per heavy atom. The van der Waals surface area contributed by atoms with Gasteiger partial charge in [0.2, 0.25) is 12.0 Å². The monoisotopic (exact) mass is 551 g/mol. The number of benzene rings is 1. The lowest BCUT2D eigenvalue weighted by Gasteiger charge is -2.39. The van der Waals surface area contributed by atoms with E-state index in [1.54, 1.807) is 0 Å². The van der Waals surface area contributed by atoms with Crippen molar-refractivity contribution in [2.45, 2.75) is 55.6 Å². The SMILES string of the molecule is O=C(O)C1=CC(=CC=[N+]2c3cc(O[C@@H]4O[C@H](CO)[C@@H](O)[C@H](O)[C@H]4O)c(O)cc3C[C@H]2C(=O)O)C[C@H](C(=O)O)N1. The molecule has 3 aliphatic rings. The highest BCUT2D eigenvalue weighted by Gasteiger charge is 2.46. The minimum atomic E-state index is -1.76. The first-order valence-electron chi connectivity index (χ1n) is 11.7. The highest BCUT2D eigenvalue weighted by Crippen LogP contribution is 2.40. The minimum absolute atomic E-state index is 0.0340. The molecule has 1 aromatic carbocycles. The van der Waals surface area contributed by atoms with Crippen molar-refractivity contribution in [2.75, 3.05) is 6.61 Å². The molecule has 15 heteroatoms. The molecule has 15 nitrogen and oxygen atoms in total. The van der Waals surface area contributed by atoms with Gasteiger partial charge >= 0.3 is 17.9 Å². The maximum Gasteiger partial charge on any atom is 0.373 e. The number of ether oxygens (including phenoxy) is 2. The van der Waals surface area contributed by atoms with Crippen molar-refractivity contribution < 1.29 is 69.3 Å². The van der Waals surface area contributed by atoms with Gasteiger partial charge in [0.05, 0.1) is 19.1 Å². The first-order valence-corrected chi connectivity index (χ1v) is 11.7. The van der Waals surface area contributed by atoms with Crippen molar-refractivity contribution in [3.8, 4) is 11.5 Å². The molecule has 1 fully saturated rings. The molecule has 0 bridgehead atoms. The molecular formula is C24H27N2O13+. The van der Waals surface area contributed by atoms with Crippen LogP contribution in [0.2, 0.25) is 0 Å². The Bertz CT molecular complexity index is 1270. The molecule has 0 radical (unpaired) electrons. The number of hydrogen-bond acceptors (Lipinski definition) is 11. The van der Waals surface area contributed by atoms with Gasteiger partial charge in [0, 0.05) is 18.1 Å². The van der Waals surface area contributed by atoms with Gasteiger partial charge in [-0.3, -0.25) is 0 Å². The molecule has 9 N–H and O–H groups in total. The Kier molecular flexibility index (Phi) is 7.89. The topological polar surface area (TPSA) is 247 Å². The van der Waals surface area contributed by atoms with Crippen LogP contribution in [0.5, 0.6) is 11.5 Å². The van der Waals surface area contributed by atoms with Gasteiger partial charge in [0.15, 0.2) is 17.7 Å². The maximum atomic E-state index is 12.0. The predicted octanol–water partition coefficient (Wildman–Crippen LogP) is -2.36. The van der Waals surface area contributed by atoms with Gasteiger partial charge in [0.25, 0.3) is 6.04 Å². The molecule has 1 saturated heterocycles. The van der Waals surface area contributed by atoms with Crippen LogP contribution in [0, 0.1) is 0 Å². The van der Waals surface area contributed by atoms with Gasteiger partial charge in [0.1, 0.15) is 36.2 Å². The van der Waals surface area contributed by atoms with E-state index in [2.05, 4.69) is 5.32 Å². The number of carboxylic acid groups (broad SMARTS) is 3. The summed E-state index contributed by atoms with van der Waals surface area (Å²) < 4.78 is 12.2. The number of aliphatic hydroxyl groups excluding tert-OH is 4. The minimum Gasteiger partial charge on any atom is -0.504 e. The van der Waals surface area contributed by atoms with Crippen LogP contribution in [-0.4, -0.2) is 119 Å². The zero-order valence-corrected chi connectivity index (χ0v) is 20.1. The molecule has 7 atom stereocenters. The van der Waals surface area contributed by atoms with E-state index in [9.17, 15) is 55.2 Å². The second kappa shape index (κ2) is 11.0. The van der Waals surface area contributed by atoms with Crippen LogP contribution in [0.1, 0.15) is 12.0 Å². The van der Waals surface area contributed by atoms with Crippen LogP contribution in [0.4, 0.5) is 5.69 Å². The quantitative estimate of drug-likeness (QED) is 0.161. The van der Waals surface area contributed by atoms with Crippen molar-refractivity contribution in [2.24, 2.45) is 0 Å². The van der Waals surface area contributed by atoms with Crippen molar-refractivity contribution in [3.63, 3.8) is 0 Å². The van der Waals surface area contributed by atoms with Gasteiger partial charge in [-0.05, 0) is 17.7 Å². The van der Waals surface area contributed by atoms with E-state index < -0.39 is 73.1 Å². The zero-order chi connectivity index (χ0) is 28.6. The number of nitrogens with one attached hydrogen (secondary N) is 1. The summed E-state index contributed by atoms with van der Waals surface area (Å²) in [5.41, 5.74) is 0.631. The second-order valence-electron chi connectivity index (χ2n) is 9.22. The number of phenolic OH excluding ortho intramolecular Hbond substituents is 1. The first kappa shape index (κ1) is 28.0. The largest absolute Gasteiger partial charge is 0.504 e. The Morgan fingerprint density at radius 1 is 1.05 bits per heavy atom. The van der Waals surface area contributed by atoms with Crippen LogP contribution in [0.25, 0.3) is 0 Å². The fraction of sp³-hybridized carbons (Fsp3) is 0.417. The van der Waals surface area contributed by atoms with Crippen molar-refractivity contribution in [1.82, 2.24) is 5.32 Å². The summed E-state index contributed by atoms with van der Waals surface area (Å²) in [5.74, 6) is -4.56. The fourth-order valence-electron chi connectivity index (χ4n) is 4.58. The third-order valence-electron chi connectivity index (χ3n) is 6.64. The summed E-state index contributed by atoms with van der Waals surface area (Å²) in [7, 11) is 0. The molecule has 3 heterocycles. The number of phenols is 1. The number of aliphatic hydroxyl groups is 4. The number of aromatic hydroxyl groups is 1. The maximum absolute atomic E-state index is 12.0. The molecule has 39 heavy (non-hydrogen) atoms. The van der Waals surface area contributed by atoms with Gasteiger partial charge in [-0.15, -0.1) is 0 Å². The van der Waals surface area contributed by atoms with E-state index in [-0.39, 0.29) is 30.0 Å².